The molecule has 2 aromatic rings. The first-order valence-electron chi connectivity index (χ1n) is 5.66. The molecule has 0 amide bonds. The number of hydrogen-bond acceptors (Lipinski definition) is 4. The maximum Gasteiger partial charge on any atom is 0.336 e. The van der Waals surface area contributed by atoms with Gasteiger partial charge in [-0.3, -0.25) is 0 Å². The van der Waals surface area contributed by atoms with Gasteiger partial charge in [0.2, 0.25) is 0 Å². The molecule has 0 bridgehead atoms. The van der Waals surface area contributed by atoms with Gasteiger partial charge in [0, 0.05) is 17.5 Å². The summed E-state index contributed by atoms with van der Waals surface area (Å²) in [5.74, 6) is 1.24. The molecule has 0 saturated carbocycles. The van der Waals surface area contributed by atoms with Crippen molar-refractivity contribution in [1.29, 1.82) is 0 Å². The Morgan fingerprint density at radius 1 is 1.33 bits per heavy atom. The van der Waals surface area contributed by atoms with E-state index >= 15 is 0 Å². The first-order valence-corrected chi connectivity index (χ1v) is 5.66. The second-order valence-electron chi connectivity index (χ2n) is 4.36. The average molecular weight is 244 g/mol. The second-order valence-corrected chi connectivity index (χ2v) is 4.36. The van der Waals surface area contributed by atoms with Gasteiger partial charge in [-0.1, -0.05) is 6.58 Å². The van der Waals surface area contributed by atoms with Crippen molar-refractivity contribution in [2.24, 2.45) is 0 Å². The van der Waals surface area contributed by atoms with E-state index < -0.39 is 0 Å². The molecule has 2 heterocycles. The largest absolute Gasteiger partial charge is 0.485 e. The van der Waals surface area contributed by atoms with Crippen molar-refractivity contribution < 1.29 is 13.9 Å². The van der Waals surface area contributed by atoms with E-state index in [1.807, 2.05) is 13.0 Å². The van der Waals surface area contributed by atoms with Crippen LogP contribution in [-0.2, 0) is 0 Å². The Hall–Kier alpha value is -2.23. The smallest absolute Gasteiger partial charge is 0.336 e. The van der Waals surface area contributed by atoms with Gasteiger partial charge in [-0.25, -0.2) is 4.79 Å². The van der Waals surface area contributed by atoms with Gasteiger partial charge in [0.15, 0.2) is 17.6 Å². The molecule has 1 atom stereocenters. The fraction of sp³-hybridized carbons (Fsp3) is 0.214. The van der Waals surface area contributed by atoms with Gasteiger partial charge in [-0.2, -0.15) is 0 Å². The Labute approximate surface area is 103 Å². The topological polar surface area (TPSA) is 48.7 Å². The molecule has 92 valence electrons. The van der Waals surface area contributed by atoms with E-state index in [-0.39, 0.29) is 11.7 Å². The minimum absolute atomic E-state index is 0.162. The molecule has 1 unspecified atom stereocenters. The normalized spacial score (nSPS) is 17.7. The van der Waals surface area contributed by atoms with Crippen LogP contribution >= 0.6 is 0 Å². The van der Waals surface area contributed by atoms with Crippen LogP contribution in [0.4, 0.5) is 0 Å². The third-order valence-electron chi connectivity index (χ3n) is 2.89. The summed E-state index contributed by atoms with van der Waals surface area (Å²) in [6, 6.07) is 6.58. The molecule has 4 nitrogen and oxygen atoms in total. The van der Waals surface area contributed by atoms with Crippen molar-refractivity contribution in [3.05, 3.63) is 46.8 Å². The molecule has 1 aliphatic heterocycles. The van der Waals surface area contributed by atoms with Gasteiger partial charge in [-0.15, -0.1) is 0 Å². The lowest BCUT2D eigenvalue weighted by Gasteiger charge is -2.26. The Morgan fingerprint density at radius 3 is 2.94 bits per heavy atom. The van der Waals surface area contributed by atoms with E-state index in [4.69, 9.17) is 13.9 Å². The van der Waals surface area contributed by atoms with Crippen molar-refractivity contribution in [1.82, 2.24) is 0 Å². The standard InChI is InChI=1S/C14H12O4/c1-8(2)13-7-16-11-5-9-3-4-14(15)18-10(9)6-12(11)17-13/h3-6,13H,1,7H2,2H3. The summed E-state index contributed by atoms with van der Waals surface area (Å²) in [4.78, 5) is 11.2. The summed E-state index contributed by atoms with van der Waals surface area (Å²) in [5, 5.41) is 0.811. The minimum atomic E-state index is -0.379. The minimum Gasteiger partial charge on any atom is -0.485 e. The van der Waals surface area contributed by atoms with Crippen LogP contribution in [0.15, 0.2) is 45.6 Å². The van der Waals surface area contributed by atoms with Crippen LogP contribution in [0.25, 0.3) is 11.0 Å². The van der Waals surface area contributed by atoms with Gasteiger partial charge in [-0.05, 0) is 24.6 Å². The van der Waals surface area contributed by atoms with Crippen molar-refractivity contribution >= 4 is 11.0 Å². The van der Waals surface area contributed by atoms with Gasteiger partial charge in [0.1, 0.15) is 12.2 Å². The SMILES string of the molecule is C=C(C)C1COc2cc3ccc(=O)oc3cc2O1. The van der Waals surface area contributed by atoms with Crippen LogP contribution in [0.3, 0.4) is 0 Å². The third kappa shape index (κ3) is 1.76. The van der Waals surface area contributed by atoms with Crippen LogP contribution in [0, 0.1) is 0 Å². The molecular weight excluding hydrogens is 232 g/mol. The number of benzene rings is 1. The summed E-state index contributed by atoms with van der Waals surface area (Å²) >= 11 is 0. The molecule has 0 N–H and O–H groups in total. The molecule has 1 aliphatic rings. The van der Waals surface area contributed by atoms with E-state index in [9.17, 15) is 4.79 Å². The van der Waals surface area contributed by atoms with E-state index in [2.05, 4.69) is 6.58 Å². The van der Waals surface area contributed by atoms with Crippen molar-refractivity contribution in [2.75, 3.05) is 6.61 Å². The molecule has 0 saturated heterocycles. The van der Waals surface area contributed by atoms with Crippen LogP contribution in [0.5, 0.6) is 11.5 Å². The number of fused-ring (bicyclic) bond motifs is 2. The van der Waals surface area contributed by atoms with Crippen LogP contribution < -0.4 is 15.1 Å². The highest BCUT2D eigenvalue weighted by molar-refractivity contribution is 5.80. The lowest BCUT2D eigenvalue weighted by Crippen LogP contribution is -2.29. The molecule has 0 radical (unpaired) electrons. The predicted octanol–water partition coefficient (Wildman–Crippen LogP) is 2.51. The molecule has 1 aromatic heterocycles. The number of ether oxygens (including phenoxy) is 2. The average Bonchev–Trinajstić information content (AvgIpc) is 2.35. The first-order chi connectivity index (χ1) is 8.63. The van der Waals surface area contributed by atoms with Gasteiger partial charge in [0.25, 0.3) is 0 Å². The highest BCUT2D eigenvalue weighted by Gasteiger charge is 2.22. The lowest BCUT2D eigenvalue weighted by atomic mass is 10.1. The van der Waals surface area contributed by atoms with E-state index in [0.29, 0.717) is 23.7 Å². The summed E-state index contributed by atoms with van der Waals surface area (Å²) in [6.07, 6.45) is -0.162. The molecule has 3 rings (SSSR count). The fourth-order valence-corrected chi connectivity index (χ4v) is 1.88. The molecule has 0 spiro atoms. The molecular formula is C14H12O4. The molecule has 4 heteroatoms. The Kier molecular flexibility index (Phi) is 2.37. The summed E-state index contributed by atoms with van der Waals surface area (Å²) in [5.41, 5.74) is 1.01. The fourth-order valence-electron chi connectivity index (χ4n) is 1.88. The Bertz CT molecular complexity index is 684. The zero-order valence-corrected chi connectivity index (χ0v) is 9.93. The summed E-state index contributed by atoms with van der Waals surface area (Å²) < 4.78 is 16.5. The van der Waals surface area contributed by atoms with Crippen molar-refractivity contribution in [3.8, 4) is 11.5 Å². The summed E-state index contributed by atoms with van der Waals surface area (Å²) in [6.45, 7) is 6.19. The monoisotopic (exact) mass is 244 g/mol. The Morgan fingerprint density at radius 2 is 2.17 bits per heavy atom. The maximum absolute atomic E-state index is 11.2. The van der Waals surface area contributed by atoms with Crippen LogP contribution in [-0.4, -0.2) is 12.7 Å². The van der Waals surface area contributed by atoms with Crippen molar-refractivity contribution in [3.63, 3.8) is 0 Å². The van der Waals surface area contributed by atoms with Crippen molar-refractivity contribution in [2.45, 2.75) is 13.0 Å². The molecule has 0 aliphatic carbocycles. The van der Waals surface area contributed by atoms with Gasteiger partial charge >= 0.3 is 5.63 Å². The van der Waals surface area contributed by atoms with Gasteiger partial charge in [0.05, 0.1) is 0 Å². The number of hydrogen-bond donors (Lipinski definition) is 0. The quantitative estimate of drug-likeness (QED) is 0.571. The van der Waals surface area contributed by atoms with E-state index in [1.54, 1.807) is 12.1 Å². The molecule has 0 fully saturated rings. The number of rotatable bonds is 1. The predicted molar refractivity (Wildman–Crippen MR) is 67.2 cm³/mol. The van der Waals surface area contributed by atoms with Gasteiger partial charge < -0.3 is 13.9 Å². The zero-order chi connectivity index (χ0) is 12.7. The molecule has 18 heavy (non-hydrogen) atoms. The maximum atomic E-state index is 11.2. The highest BCUT2D eigenvalue weighted by Crippen LogP contribution is 2.36. The molecule has 1 aromatic carbocycles. The third-order valence-corrected chi connectivity index (χ3v) is 2.89. The summed E-state index contributed by atoms with van der Waals surface area (Å²) in [7, 11) is 0. The second kappa shape index (κ2) is 3.91. The first kappa shape index (κ1) is 10.9. The van der Waals surface area contributed by atoms with E-state index in [0.717, 1.165) is 11.0 Å². The zero-order valence-electron chi connectivity index (χ0n) is 9.93. The van der Waals surface area contributed by atoms with Crippen LogP contribution in [0.2, 0.25) is 0 Å². The van der Waals surface area contributed by atoms with Crippen LogP contribution in [0.1, 0.15) is 6.92 Å². The highest BCUT2D eigenvalue weighted by atomic mass is 16.6. The lowest BCUT2D eigenvalue weighted by molar-refractivity contribution is 0.116. The Balaban J connectivity index is 2.11. The van der Waals surface area contributed by atoms with E-state index in [1.165, 1.54) is 6.07 Å².